The first kappa shape index (κ1) is 12.4. The highest BCUT2D eigenvalue weighted by Gasteiger charge is 2.44. The van der Waals surface area contributed by atoms with Gasteiger partial charge in [-0.3, -0.25) is 0 Å². The summed E-state index contributed by atoms with van der Waals surface area (Å²) in [5.74, 6) is 1.54. The van der Waals surface area contributed by atoms with E-state index in [4.69, 9.17) is 15.2 Å². The summed E-state index contributed by atoms with van der Waals surface area (Å²) in [6.07, 6.45) is 2.26. The molecular formula is C14H21NO2. The number of nitrogens with two attached hydrogens (primary N) is 1. The van der Waals surface area contributed by atoms with Crippen molar-refractivity contribution in [3.8, 4) is 5.75 Å². The molecule has 0 unspecified atom stereocenters. The van der Waals surface area contributed by atoms with Crippen LogP contribution in [0.5, 0.6) is 5.75 Å². The lowest BCUT2D eigenvalue weighted by Gasteiger charge is -2.47. The predicted molar refractivity (Wildman–Crippen MR) is 68.3 cm³/mol. The SMILES string of the molecule is COCC1(c2ccc(OC)cc2)CC(CN)C1. The Morgan fingerprint density at radius 3 is 2.35 bits per heavy atom. The van der Waals surface area contributed by atoms with E-state index < -0.39 is 0 Å². The Labute approximate surface area is 103 Å². The zero-order valence-electron chi connectivity index (χ0n) is 10.6. The first-order valence-corrected chi connectivity index (χ1v) is 6.07. The van der Waals surface area contributed by atoms with E-state index in [1.807, 2.05) is 12.1 Å². The largest absolute Gasteiger partial charge is 0.497 e. The zero-order chi connectivity index (χ0) is 12.3. The lowest BCUT2D eigenvalue weighted by atomic mass is 9.59. The Balaban J connectivity index is 2.16. The first-order valence-electron chi connectivity index (χ1n) is 6.07. The van der Waals surface area contributed by atoms with E-state index in [1.54, 1.807) is 14.2 Å². The number of benzene rings is 1. The minimum atomic E-state index is 0.172. The Morgan fingerprint density at radius 1 is 1.24 bits per heavy atom. The predicted octanol–water partition coefficient (Wildman–Crippen LogP) is 1.95. The van der Waals surface area contributed by atoms with E-state index in [2.05, 4.69) is 12.1 Å². The summed E-state index contributed by atoms with van der Waals surface area (Å²) in [5, 5.41) is 0. The number of ether oxygens (including phenoxy) is 2. The number of rotatable bonds is 5. The molecule has 1 fully saturated rings. The molecule has 1 aliphatic rings. The molecule has 1 saturated carbocycles. The molecule has 0 saturated heterocycles. The van der Waals surface area contributed by atoms with Crippen molar-refractivity contribution in [2.24, 2.45) is 11.7 Å². The quantitative estimate of drug-likeness (QED) is 0.848. The van der Waals surface area contributed by atoms with Gasteiger partial charge in [0.15, 0.2) is 0 Å². The van der Waals surface area contributed by atoms with Gasteiger partial charge in [-0.1, -0.05) is 12.1 Å². The van der Waals surface area contributed by atoms with Gasteiger partial charge in [0.2, 0.25) is 0 Å². The molecule has 0 spiro atoms. The van der Waals surface area contributed by atoms with Crippen molar-refractivity contribution in [3.63, 3.8) is 0 Å². The smallest absolute Gasteiger partial charge is 0.118 e. The first-order chi connectivity index (χ1) is 8.24. The van der Waals surface area contributed by atoms with Crippen LogP contribution in [-0.4, -0.2) is 27.4 Å². The summed E-state index contributed by atoms with van der Waals surface area (Å²) in [5.41, 5.74) is 7.22. The van der Waals surface area contributed by atoms with Gasteiger partial charge in [0.1, 0.15) is 5.75 Å². The van der Waals surface area contributed by atoms with Gasteiger partial charge in [0.25, 0.3) is 0 Å². The Kier molecular flexibility index (Phi) is 3.69. The minimum absolute atomic E-state index is 0.172. The molecule has 2 rings (SSSR count). The Morgan fingerprint density at radius 2 is 1.88 bits per heavy atom. The molecule has 0 atom stereocenters. The molecule has 94 valence electrons. The van der Waals surface area contributed by atoms with E-state index in [0.717, 1.165) is 31.7 Å². The van der Waals surface area contributed by atoms with Crippen LogP contribution < -0.4 is 10.5 Å². The average molecular weight is 235 g/mol. The molecule has 0 bridgehead atoms. The summed E-state index contributed by atoms with van der Waals surface area (Å²) in [6.45, 7) is 1.55. The maximum absolute atomic E-state index is 5.71. The summed E-state index contributed by atoms with van der Waals surface area (Å²) in [7, 11) is 3.45. The third-order valence-electron chi connectivity index (χ3n) is 3.82. The van der Waals surface area contributed by atoms with Crippen molar-refractivity contribution in [1.29, 1.82) is 0 Å². The van der Waals surface area contributed by atoms with Crippen molar-refractivity contribution >= 4 is 0 Å². The third kappa shape index (κ3) is 2.31. The summed E-state index contributed by atoms with van der Waals surface area (Å²) >= 11 is 0. The van der Waals surface area contributed by atoms with Crippen molar-refractivity contribution in [1.82, 2.24) is 0 Å². The van der Waals surface area contributed by atoms with Crippen molar-refractivity contribution in [3.05, 3.63) is 29.8 Å². The van der Waals surface area contributed by atoms with Gasteiger partial charge in [-0.05, 0) is 43.0 Å². The topological polar surface area (TPSA) is 44.5 Å². The average Bonchev–Trinajstić information content (AvgIpc) is 2.33. The van der Waals surface area contributed by atoms with Crippen LogP contribution in [0.25, 0.3) is 0 Å². The maximum atomic E-state index is 5.71. The fourth-order valence-corrected chi connectivity index (χ4v) is 2.87. The highest BCUT2D eigenvalue weighted by molar-refractivity contribution is 5.34. The van der Waals surface area contributed by atoms with Crippen LogP contribution in [0, 0.1) is 5.92 Å². The van der Waals surface area contributed by atoms with Gasteiger partial charge in [-0.2, -0.15) is 0 Å². The summed E-state index contributed by atoms with van der Waals surface area (Å²) in [4.78, 5) is 0. The van der Waals surface area contributed by atoms with Gasteiger partial charge in [0.05, 0.1) is 13.7 Å². The maximum Gasteiger partial charge on any atom is 0.118 e. The molecule has 1 aliphatic carbocycles. The molecular weight excluding hydrogens is 214 g/mol. The van der Waals surface area contributed by atoms with Gasteiger partial charge >= 0.3 is 0 Å². The molecule has 2 N–H and O–H groups in total. The van der Waals surface area contributed by atoms with E-state index in [0.29, 0.717) is 5.92 Å². The molecule has 1 aromatic carbocycles. The van der Waals surface area contributed by atoms with Crippen LogP contribution in [0.1, 0.15) is 18.4 Å². The monoisotopic (exact) mass is 235 g/mol. The van der Waals surface area contributed by atoms with Crippen LogP contribution >= 0.6 is 0 Å². The minimum Gasteiger partial charge on any atom is -0.497 e. The van der Waals surface area contributed by atoms with Crippen LogP contribution in [0.3, 0.4) is 0 Å². The van der Waals surface area contributed by atoms with Gasteiger partial charge in [0, 0.05) is 12.5 Å². The normalized spacial score (nSPS) is 27.6. The second kappa shape index (κ2) is 5.07. The molecule has 0 aliphatic heterocycles. The molecule has 17 heavy (non-hydrogen) atoms. The fourth-order valence-electron chi connectivity index (χ4n) is 2.87. The summed E-state index contributed by atoms with van der Waals surface area (Å²) < 4.78 is 10.6. The number of hydrogen-bond acceptors (Lipinski definition) is 3. The van der Waals surface area contributed by atoms with Crippen molar-refractivity contribution < 1.29 is 9.47 Å². The summed E-state index contributed by atoms with van der Waals surface area (Å²) in [6, 6.07) is 8.32. The van der Waals surface area contributed by atoms with Crippen LogP contribution in [0.2, 0.25) is 0 Å². The zero-order valence-corrected chi connectivity index (χ0v) is 10.6. The highest BCUT2D eigenvalue weighted by atomic mass is 16.5. The van der Waals surface area contributed by atoms with Gasteiger partial charge < -0.3 is 15.2 Å². The van der Waals surface area contributed by atoms with E-state index >= 15 is 0 Å². The molecule has 0 heterocycles. The van der Waals surface area contributed by atoms with Gasteiger partial charge in [-0.25, -0.2) is 0 Å². The van der Waals surface area contributed by atoms with Crippen LogP contribution in [0.15, 0.2) is 24.3 Å². The lowest BCUT2D eigenvalue weighted by molar-refractivity contribution is 0.0423. The Hall–Kier alpha value is -1.06. The lowest BCUT2D eigenvalue weighted by Crippen LogP contribution is -2.47. The van der Waals surface area contributed by atoms with Crippen molar-refractivity contribution in [2.75, 3.05) is 27.4 Å². The van der Waals surface area contributed by atoms with Crippen LogP contribution in [-0.2, 0) is 10.2 Å². The molecule has 0 radical (unpaired) electrons. The fraction of sp³-hybridized carbons (Fsp3) is 0.571. The molecule has 3 heteroatoms. The standard InChI is InChI=1S/C14H21NO2/c1-16-10-14(7-11(8-14)9-15)12-3-5-13(17-2)6-4-12/h3-6,11H,7-10,15H2,1-2H3. The van der Waals surface area contributed by atoms with E-state index in [-0.39, 0.29) is 5.41 Å². The molecule has 0 aromatic heterocycles. The second-order valence-corrected chi connectivity index (χ2v) is 4.95. The molecule has 1 aromatic rings. The number of methoxy groups -OCH3 is 2. The van der Waals surface area contributed by atoms with E-state index in [1.165, 1.54) is 5.56 Å². The number of hydrogen-bond donors (Lipinski definition) is 1. The van der Waals surface area contributed by atoms with Gasteiger partial charge in [-0.15, -0.1) is 0 Å². The third-order valence-corrected chi connectivity index (χ3v) is 3.82. The Bertz CT molecular complexity index is 355. The van der Waals surface area contributed by atoms with E-state index in [9.17, 15) is 0 Å². The molecule has 3 nitrogen and oxygen atoms in total. The van der Waals surface area contributed by atoms with Crippen LogP contribution in [0.4, 0.5) is 0 Å². The van der Waals surface area contributed by atoms with Crippen molar-refractivity contribution in [2.45, 2.75) is 18.3 Å². The second-order valence-electron chi connectivity index (χ2n) is 4.95. The molecule has 0 amide bonds. The highest BCUT2D eigenvalue weighted by Crippen LogP contribution is 2.47.